The molecule has 0 aliphatic heterocycles. The molecular weight excluding hydrogens is 504 g/mol. The summed E-state index contributed by atoms with van der Waals surface area (Å²) in [4.78, 5) is 12.9. The van der Waals surface area contributed by atoms with Crippen molar-refractivity contribution >= 4 is 37.5 Å². The molecule has 1 aliphatic carbocycles. The fourth-order valence-corrected chi connectivity index (χ4v) is 5.79. The highest BCUT2D eigenvalue weighted by atomic mass is 79.9. The van der Waals surface area contributed by atoms with Gasteiger partial charge in [-0.25, -0.2) is 8.42 Å². The van der Waals surface area contributed by atoms with Gasteiger partial charge in [-0.3, -0.25) is 4.79 Å². The maximum atomic E-state index is 13.0. The fourth-order valence-electron chi connectivity index (χ4n) is 3.88. The van der Waals surface area contributed by atoms with Crippen molar-refractivity contribution < 1.29 is 17.9 Å². The lowest BCUT2D eigenvalue weighted by atomic mass is 9.96. The van der Waals surface area contributed by atoms with Crippen LogP contribution in [0.2, 0.25) is 0 Å². The predicted octanol–water partition coefficient (Wildman–Crippen LogP) is 6.08. The highest BCUT2D eigenvalue weighted by Crippen LogP contribution is 2.28. The Morgan fingerprint density at radius 1 is 1.12 bits per heavy atom. The average Bonchev–Trinajstić information content (AvgIpc) is 2.80. The molecule has 180 valence electrons. The Bertz CT molecular complexity index is 1050. The monoisotopic (exact) mass is 536 g/mol. The van der Waals surface area contributed by atoms with Gasteiger partial charge in [-0.1, -0.05) is 33.1 Å². The minimum absolute atomic E-state index is 0.0545. The molecule has 0 spiro atoms. The van der Waals surface area contributed by atoms with E-state index < -0.39 is 10.0 Å². The molecule has 2 aromatic rings. The summed E-state index contributed by atoms with van der Waals surface area (Å²) in [5.41, 5.74) is 1.01. The Hall–Kier alpha value is -1.90. The highest BCUT2D eigenvalue weighted by Gasteiger charge is 2.29. The first kappa shape index (κ1) is 25.7. The van der Waals surface area contributed by atoms with Crippen LogP contribution in [-0.2, 0) is 10.0 Å². The lowest BCUT2D eigenvalue weighted by molar-refractivity contribution is 0.102. The molecule has 0 unspecified atom stereocenters. The number of anilines is 1. The van der Waals surface area contributed by atoms with Crippen molar-refractivity contribution in [3.8, 4) is 5.75 Å². The number of carbonyl (C=O) groups excluding carboxylic acids is 1. The van der Waals surface area contributed by atoms with E-state index >= 15 is 0 Å². The van der Waals surface area contributed by atoms with Gasteiger partial charge < -0.3 is 10.1 Å². The third-order valence-electron chi connectivity index (χ3n) is 6.02. The first-order chi connectivity index (χ1) is 15.7. The lowest BCUT2D eigenvalue weighted by Crippen LogP contribution is -2.38. The number of rotatable bonds is 9. The maximum Gasteiger partial charge on any atom is 0.255 e. The number of benzene rings is 2. The summed E-state index contributed by atoms with van der Waals surface area (Å²) in [7, 11) is -1.90. The topological polar surface area (TPSA) is 75.7 Å². The number of nitrogens with zero attached hydrogens (tertiary/aromatic N) is 1. The molecule has 1 aliphatic rings. The second-order valence-corrected chi connectivity index (χ2v) is 11.8. The lowest BCUT2D eigenvalue weighted by Gasteiger charge is -2.30. The smallest absolute Gasteiger partial charge is 0.255 e. The fraction of sp³-hybridized carbons (Fsp3) is 0.480. The van der Waals surface area contributed by atoms with Gasteiger partial charge in [0.05, 0.1) is 16.0 Å². The van der Waals surface area contributed by atoms with Gasteiger partial charge in [-0.15, -0.1) is 0 Å². The van der Waals surface area contributed by atoms with Crippen LogP contribution < -0.4 is 10.1 Å². The number of ether oxygens (including phenoxy) is 1. The van der Waals surface area contributed by atoms with Crippen LogP contribution in [0, 0.1) is 5.92 Å². The molecule has 0 atom stereocenters. The largest absolute Gasteiger partial charge is 0.492 e. The molecule has 0 radical (unpaired) electrons. The molecule has 0 heterocycles. The molecule has 0 saturated heterocycles. The van der Waals surface area contributed by atoms with E-state index in [9.17, 15) is 13.2 Å². The minimum atomic E-state index is -3.56. The van der Waals surface area contributed by atoms with Gasteiger partial charge >= 0.3 is 0 Å². The summed E-state index contributed by atoms with van der Waals surface area (Å²) >= 11 is 3.47. The normalized spacial score (nSPS) is 15.1. The van der Waals surface area contributed by atoms with E-state index in [4.69, 9.17) is 4.74 Å². The zero-order valence-corrected chi connectivity index (χ0v) is 21.9. The van der Waals surface area contributed by atoms with Crippen molar-refractivity contribution in [2.45, 2.75) is 63.3 Å². The molecule has 33 heavy (non-hydrogen) atoms. The van der Waals surface area contributed by atoms with Gasteiger partial charge in [0.15, 0.2) is 0 Å². The van der Waals surface area contributed by atoms with Gasteiger partial charge in [0.2, 0.25) is 10.0 Å². The molecule has 0 aromatic heterocycles. The Labute approximate surface area is 205 Å². The van der Waals surface area contributed by atoms with E-state index in [0.29, 0.717) is 34.0 Å². The van der Waals surface area contributed by atoms with Crippen LogP contribution in [0.5, 0.6) is 5.75 Å². The van der Waals surface area contributed by atoms with E-state index in [1.165, 1.54) is 10.7 Å². The molecule has 8 heteroatoms. The summed E-state index contributed by atoms with van der Waals surface area (Å²) in [6, 6.07) is 11.6. The molecular formula is C25H33BrN2O4S. The van der Waals surface area contributed by atoms with Crippen LogP contribution in [0.4, 0.5) is 5.69 Å². The average molecular weight is 538 g/mol. The van der Waals surface area contributed by atoms with Crippen LogP contribution in [0.1, 0.15) is 62.7 Å². The molecule has 6 nitrogen and oxygen atoms in total. The quantitative estimate of drug-likeness (QED) is 0.421. The third kappa shape index (κ3) is 6.80. The first-order valence-corrected chi connectivity index (χ1v) is 13.7. The first-order valence-electron chi connectivity index (χ1n) is 11.5. The molecule has 1 N–H and O–H groups in total. The number of halogens is 1. The summed E-state index contributed by atoms with van der Waals surface area (Å²) in [5, 5.41) is 2.83. The van der Waals surface area contributed by atoms with Gasteiger partial charge in [0, 0.05) is 24.3 Å². The zero-order chi connectivity index (χ0) is 24.0. The molecule has 1 saturated carbocycles. The van der Waals surface area contributed by atoms with E-state index in [2.05, 4.69) is 35.1 Å². The third-order valence-corrected chi connectivity index (χ3v) is 8.57. The van der Waals surface area contributed by atoms with Crippen LogP contribution in [-0.4, -0.2) is 38.3 Å². The Kier molecular flexibility index (Phi) is 8.95. The van der Waals surface area contributed by atoms with Gasteiger partial charge in [-0.05, 0) is 83.6 Å². The number of hydrogen-bond donors (Lipinski definition) is 1. The zero-order valence-electron chi connectivity index (χ0n) is 19.5. The molecule has 2 aromatic carbocycles. The minimum Gasteiger partial charge on any atom is -0.492 e. The number of nitrogens with one attached hydrogen (secondary N) is 1. The summed E-state index contributed by atoms with van der Waals surface area (Å²) in [5.74, 6) is 0.978. The standard InChI is InChI=1S/C25H33BrN2O4S/c1-18(2)15-16-32-24-14-9-19(17-23(24)26)25(29)27-20-10-12-22(13-11-20)33(30,31)28(3)21-7-5-4-6-8-21/h9-14,17-18,21H,4-8,15-16H2,1-3H3,(H,27,29). The Balaban J connectivity index is 1.63. The second kappa shape index (κ2) is 11.5. The van der Waals surface area contributed by atoms with Crippen molar-refractivity contribution in [1.82, 2.24) is 4.31 Å². The molecule has 1 fully saturated rings. The predicted molar refractivity (Wildman–Crippen MR) is 135 cm³/mol. The summed E-state index contributed by atoms with van der Waals surface area (Å²) in [6.45, 7) is 4.90. The van der Waals surface area contributed by atoms with Crippen LogP contribution in [0.15, 0.2) is 51.8 Å². The van der Waals surface area contributed by atoms with E-state index in [0.717, 1.165) is 32.1 Å². The van der Waals surface area contributed by atoms with Crippen molar-refractivity contribution in [1.29, 1.82) is 0 Å². The van der Waals surface area contributed by atoms with Crippen LogP contribution >= 0.6 is 15.9 Å². The maximum absolute atomic E-state index is 13.0. The Morgan fingerprint density at radius 2 is 1.79 bits per heavy atom. The SMILES string of the molecule is CC(C)CCOc1ccc(C(=O)Nc2ccc(S(=O)(=O)N(C)C3CCCCC3)cc2)cc1Br. The van der Waals surface area contributed by atoms with E-state index in [1.54, 1.807) is 49.5 Å². The number of sulfonamides is 1. The van der Waals surface area contributed by atoms with Crippen LogP contribution in [0.3, 0.4) is 0 Å². The summed E-state index contributed by atoms with van der Waals surface area (Å²) in [6.07, 6.45) is 6.06. The number of hydrogen-bond acceptors (Lipinski definition) is 4. The molecule has 1 amide bonds. The van der Waals surface area contributed by atoms with E-state index in [1.807, 2.05) is 0 Å². The van der Waals surface area contributed by atoms with Crippen molar-refractivity contribution in [2.24, 2.45) is 5.92 Å². The van der Waals surface area contributed by atoms with Gasteiger partial charge in [0.1, 0.15) is 5.75 Å². The van der Waals surface area contributed by atoms with Crippen molar-refractivity contribution in [3.63, 3.8) is 0 Å². The Morgan fingerprint density at radius 3 is 2.39 bits per heavy atom. The highest BCUT2D eigenvalue weighted by molar-refractivity contribution is 9.10. The van der Waals surface area contributed by atoms with Gasteiger partial charge in [-0.2, -0.15) is 4.31 Å². The summed E-state index contributed by atoms with van der Waals surface area (Å²) < 4.78 is 34.0. The van der Waals surface area contributed by atoms with Crippen molar-refractivity contribution in [2.75, 3.05) is 19.0 Å². The molecule has 3 rings (SSSR count). The number of carbonyl (C=O) groups is 1. The number of amides is 1. The second-order valence-electron chi connectivity index (χ2n) is 8.97. The van der Waals surface area contributed by atoms with E-state index in [-0.39, 0.29) is 16.8 Å². The van der Waals surface area contributed by atoms with Crippen molar-refractivity contribution in [3.05, 3.63) is 52.5 Å². The molecule has 0 bridgehead atoms. The van der Waals surface area contributed by atoms with Crippen LogP contribution in [0.25, 0.3) is 0 Å². The van der Waals surface area contributed by atoms with Gasteiger partial charge in [0.25, 0.3) is 5.91 Å².